The van der Waals surface area contributed by atoms with E-state index in [1.807, 2.05) is 18.5 Å². The first kappa shape index (κ1) is 22.1. The van der Waals surface area contributed by atoms with Gasteiger partial charge < -0.3 is 4.90 Å². The second-order valence-corrected chi connectivity index (χ2v) is 6.67. The third-order valence-electron chi connectivity index (χ3n) is 4.63. The number of carbonyl (C=O) groups is 1. The van der Waals surface area contributed by atoms with Crippen molar-refractivity contribution >= 4 is 30.7 Å². The minimum absolute atomic E-state index is 0. The van der Waals surface area contributed by atoms with Gasteiger partial charge in [-0.1, -0.05) is 0 Å². The molecule has 1 N–H and O–H groups in total. The highest BCUT2D eigenvalue weighted by molar-refractivity contribution is 5.85. The average molecular weight is 400 g/mol. The van der Waals surface area contributed by atoms with Crippen LogP contribution in [0.5, 0.6) is 0 Å². The van der Waals surface area contributed by atoms with E-state index in [1.165, 1.54) is 0 Å². The number of amides is 1. The van der Waals surface area contributed by atoms with Crippen molar-refractivity contribution in [2.45, 2.75) is 51.6 Å². The number of nitrogens with zero attached hydrogens (tertiary/aromatic N) is 4. The van der Waals surface area contributed by atoms with Crippen LogP contribution in [-0.2, 0) is 11.3 Å². The number of likely N-dealkylation sites (tertiary alicyclic amines) is 1. The predicted molar refractivity (Wildman–Crippen MR) is 94.7 cm³/mol. The summed E-state index contributed by atoms with van der Waals surface area (Å²) in [5.74, 6) is -1.08. The van der Waals surface area contributed by atoms with Crippen LogP contribution in [0.3, 0.4) is 0 Å². The Morgan fingerprint density at radius 1 is 1.36 bits per heavy atom. The van der Waals surface area contributed by atoms with Crippen LogP contribution in [0.4, 0.5) is 8.78 Å². The van der Waals surface area contributed by atoms with Crippen molar-refractivity contribution in [1.29, 1.82) is 0 Å². The van der Waals surface area contributed by atoms with Gasteiger partial charge >= 0.3 is 0 Å². The molecule has 0 aliphatic carbocycles. The molecule has 25 heavy (non-hydrogen) atoms. The molecule has 2 aliphatic rings. The molecule has 1 aromatic rings. The van der Waals surface area contributed by atoms with Crippen LogP contribution in [0.1, 0.15) is 30.9 Å². The van der Waals surface area contributed by atoms with E-state index in [1.54, 1.807) is 4.90 Å². The maximum absolute atomic E-state index is 13.3. The van der Waals surface area contributed by atoms with Gasteiger partial charge in [0, 0.05) is 26.1 Å². The fraction of sp³-hybridized carbons (Fsp3) is 0.800. The van der Waals surface area contributed by atoms with Crippen molar-refractivity contribution in [2.24, 2.45) is 5.92 Å². The molecule has 6 nitrogen and oxygen atoms in total. The Balaban J connectivity index is 0.00000156. The Kier molecular flexibility index (Phi) is 7.58. The van der Waals surface area contributed by atoms with Gasteiger partial charge in [-0.2, -0.15) is 5.10 Å². The van der Waals surface area contributed by atoms with Crippen LogP contribution >= 0.6 is 24.8 Å². The molecule has 2 aliphatic heterocycles. The standard InChI is InChI=1S/C15H23F2N5O.2ClH/c1-10-19-11(2)22(20-10)8-12-4-3-5-21(7-12)14(23)13-6-15(16,17)9-18-13;;/h12-13,18H,3-9H2,1-2H3;2*1H. The van der Waals surface area contributed by atoms with E-state index < -0.39 is 24.9 Å². The number of alkyl halides is 2. The highest BCUT2D eigenvalue weighted by atomic mass is 35.5. The molecule has 2 unspecified atom stereocenters. The van der Waals surface area contributed by atoms with Crippen molar-refractivity contribution in [3.05, 3.63) is 11.6 Å². The van der Waals surface area contributed by atoms with E-state index in [4.69, 9.17) is 0 Å². The Hall–Kier alpha value is -0.990. The summed E-state index contributed by atoms with van der Waals surface area (Å²) in [6.45, 7) is 5.32. The van der Waals surface area contributed by atoms with Crippen LogP contribution in [0, 0.1) is 19.8 Å². The molecule has 2 saturated heterocycles. The van der Waals surface area contributed by atoms with Gasteiger partial charge in [0.2, 0.25) is 5.91 Å². The zero-order valence-corrected chi connectivity index (χ0v) is 16.0. The van der Waals surface area contributed by atoms with Gasteiger partial charge in [0.1, 0.15) is 11.6 Å². The average Bonchev–Trinajstić information content (AvgIpc) is 3.00. The molecule has 3 rings (SSSR count). The Labute approximate surface area is 158 Å². The third kappa shape index (κ3) is 5.24. The maximum atomic E-state index is 13.3. The van der Waals surface area contributed by atoms with Crippen molar-refractivity contribution in [3.8, 4) is 0 Å². The summed E-state index contributed by atoms with van der Waals surface area (Å²) in [4.78, 5) is 18.5. The summed E-state index contributed by atoms with van der Waals surface area (Å²) in [6, 6.07) is -0.751. The predicted octanol–water partition coefficient (Wildman–Crippen LogP) is 1.97. The van der Waals surface area contributed by atoms with Crippen LogP contribution < -0.4 is 5.32 Å². The Morgan fingerprint density at radius 3 is 2.64 bits per heavy atom. The highest BCUT2D eigenvalue weighted by Crippen LogP contribution is 2.27. The van der Waals surface area contributed by atoms with Gasteiger partial charge in [-0.3, -0.25) is 10.1 Å². The largest absolute Gasteiger partial charge is 0.341 e. The lowest BCUT2D eigenvalue weighted by Crippen LogP contribution is -2.48. The van der Waals surface area contributed by atoms with E-state index in [0.717, 1.165) is 24.5 Å². The first-order chi connectivity index (χ1) is 10.8. The van der Waals surface area contributed by atoms with E-state index in [2.05, 4.69) is 15.4 Å². The number of aryl methyl sites for hydroxylation is 2. The lowest BCUT2D eigenvalue weighted by atomic mass is 9.97. The molecule has 0 radical (unpaired) electrons. The SMILES string of the molecule is Cc1nc(C)n(CC2CCCN(C(=O)C3CC(F)(F)CN3)C2)n1.Cl.Cl. The second kappa shape index (κ2) is 8.60. The summed E-state index contributed by atoms with van der Waals surface area (Å²) >= 11 is 0. The number of aromatic nitrogens is 3. The second-order valence-electron chi connectivity index (χ2n) is 6.67. The molecule has 2 atom stereocenters. The topological polar surface area (TPSA) is 63.1 Å². The van der Waals surface area contributed by atoms with Crippen molar-refractivity contribution in [3.63, 3.8) is 0 Å². The molecule has 2 fully saturated rings. The fourth-order valence-corrected chi connectivity index (χ4v) is 3.50. The maximum Gasteiger partial charge on any atom is 0.262 e. The quantitative estimate of drug-likeness (QED) is 0.843. The number of rotatable bonds is 3. The summed E-state index contributed by atoms with van der Waals surface area (Å²) < 4.78 is 28.4. The summed E-state index contributed by atoms with van der Waals surface area (Å²) in [6.07, 6.45) is 1.51. The molecule has 1 aromatic heterocycles. The number of hydrogen-bond donors (Lipinski definition) is 1. The van der Waals surface area contributed by atoms with Crippen molar-refractivity contribution in [2.75, 3.05) is 19.6 Å². The summed E-state index contributed by atoms with van der Waals surface area (Å²) in [7, 11) is 0. The first-order valence-corrected chi connectivity index (χ1v) is 8.12. The van der Waals surface area contributed by atoms with Gasteiger partial charge in [-0.05, 0) is 32.6 Å². The van der Waals surface area contributed by atoms with Gasteiger partial charge in [0.05, 0.1) is 12.6 Å². The number of carbonyl (C=O) groups excluding carboxylic acids is 1. The van der Waals surface area contributed by atoms with Gasteiger partial charge in [0.25, 0.3) is 5.92 Å². The number of nitrogens with one attached hydrogen (secondary N) is 1. The van der Waals surface area contributed by atoms with Crippen molar-refractivity contribution < 1.29 is 13.6 Å². The van der Waals surface area contributed by atoms with Crippen LogP contribution in [0.15, 0.2) is 0 Å². The molecule has 144 valence electrons. The van der Waals surface area contributed by atoms with Crippen molar-refractivity contribution in [1.82, 2.24) is 25.0 Å². The molecule has 0 aromatic carbocycles. The molecule has 3 heterocycles. The van der Waals surface area contributed by atoms with Gasteiger partial charge in [-0.15, -0.1) is 24.8 Å². The Bertz CT molecular complexity index is 598. The van der Waals surface area contributed by atoms with E-state index in [-0.39, 0.29) is 36.6 Å². The fourth-order valence-electron chi connectivity index (χ4n) is 3.50. The molecular formula is C15H25Cl2F2N5O. The lowest BCUT2D eigenvalue weighted by Gasteiger charge is -2.34. The highest BCUT2D eigenvalue weighted by Gasteiger charge is 2.44. The minimum atomic E-state index is -2.77. The Morgan fingerprint density at radius 2 is 2.08 bits per heavy atom. The molecule has 1 amide bonds. The van der Waals surface area contributed by atoms with Gasteiger partial charge in [0.15, 0.2) is 0 Å². The number of hydrogen-bond acceptors (Lipinski definition) is 4. The molecule has 0 saturated carbocycles. The normalized spacial score (nSPS) is 25.2. The summed E-state index contributed by atoms with van der Waals surface area (Å²) in [5.41, 5.74) is 0. The zero-order valence-electron chi connectivity index (χ0n) is 14.4. The van der Waals surface area contributed by atoms with Crippen LogP contribution in [0.25, 0.3) is 0 Å². The third-order valence-corrected chi connectivity index (χ3v) is 4.63. The first-order valence-electron chi connectivity index (χ1n) is 8.12. The number of halogens is 4. The number of piperidine rings is 1. The zero-order chi connectivity index (χ0) is 16.6. The van der Waals surface area contributed by atoms with E-state index >= 15 is 0 Å². The monoisotopic (exact) mass is 399 g/mol. The van der Waals surface area contributed by atoms with Gasteiger partial charge in [-0.25, -0.2) is 18.4 Å². The molecular weight excluding hydrogens is 375 g/mol. The minimum Gasteiger partial charge on any atom is -0.341 e. The molecule has 10 heteroatoms. The van der Waals surface area contributed by atoms with E-state index in [0.29, 0.717) is 19.6 Å². The van der Waals surface area contributed by atoms with Crippen LogP contribution in [-0.4, -0.2) is 57.2 Å². The smallest absolute Gasteiger partial charge is 0.262 e. The van der Waals surface area contributed by atoms with Crippen LogP contribution in [0.2, 0.25) is 0 Å². The molecule has 0 spiro atoms. The summed E-state index contributed by atoms with van der Waals surface area (Å²) in [5, 5.41) is 7.01. The molecule has 0 bridgehead atoms. The lowest BCUT2D eigenvalue weighted by molar-refractivity contribution is -0.135. The van der Waals surface area contributed by atoms with E-state index in [9.17, 15) is 13.6 Å².